The first-order chi connectivity index (χ1) is 12.4. The number of hydrogen-bond donors (Lipinski definition) is 1. The highest BCUT2D eigenvalue weighted by Gasteiger charge is 2.30. The number of ether oxygens (including phenoxy) is 1. The van der Waals surface area contributed by atoms with E-state index in [1.54, 1.807) is 17.5 Å². The highest BCUT2D eigenvalue weighted by Crippen LogP contribution is 2.29. The molecule has 0 spiro atoms. The zero-order valence-electron chi connectivity index (χ0n) is 13.3. The third-order valence-corrected chi connectivity index (χ3v) is 4.39. The van der Waals surface area contributed by atoms with Crippen molar-refractivity contribution in [3.8, 4) is 16.9 Å². The topological polar surface area (TPSA) is 38.3 Å². The van der Waals surface area contributed by atoms with Crippen molar-refractivity contribution in [2.24, 2.45) is 0 Å². The molecule has 0 aliphatic rings. The Labute approximate surface area is 152 Å². The zero-order chi connectivity index (χ0) is 18.6. The average molecular weight is 376 g/mol. The molecular weight excluding hydrogens is 363 g/mol. The molecule has 0 bridgehead atoms. The lowest BCUT2D eigenvalue weighted by Crippen LogP contribution is -2.21. The molecule has 1 amide bonds. The monoisotopic (exact) mass is 376 g/mol. The Morgan fingerprint density at radius 2 is 1.88 bits per heavy atom. The predicted octanol–water partition coefficient (Wildman–Crippen LogP) is 5.04. The van der Waals surface area contributed by atoms with E-state index >= 15 is 0 Å². The summed E-state index contributed by atoms with van der Waals surface area (Å²) in [4.78, 5) is 12.7. The summed E-state index contributed by atoms with van der Waals surface area (Å²) in [5, 5.41) is 4.59. The van der Waals surface area contributed by atoms with E-state index in [0.29, 0.717) is 17.0 Å². The van der Waals surface area contributed by atoms with E-state index in [2.05, 4.69) is 16.1 Å². The van der Waals surface area contributed by atoms with E-state index in [4.69, 9.17) is 0 Å². The van der Waals surface area contributed by atoms with Crippen molar-refractivity contribution in [2.75, 3.05) is 0 Å². The van der Waals surface area contributed by atoms with E-state index in [1.807, 2.05) is 18.2 Å². The third-order valence-electron chi connectivity index (χ3n) is 3.46. The Hall–Kier alpha value is -2.80. The number of carbonyl (C=O) groups excluding carboxylic acids is 1. The Kier molecular flexibility index (Phi) is 5.27. The summed E-state index contributed by atoms with van der Waals surface area (Å²) < 4.78 is 40.4. The Bertz CT molecular complexity index is 874. The van der Waals surface area contributed by atoms with Gasteiger partial charge in [-0.1, -0.05) is 36.4 Å². The van der Waals surface area contributed by atoms with Gasteiger partial charge in [0.15, 0.2) is 0 Å². The Morgan fingerprint density at radius 1 is 1.12 bits per heavy atom. The smallest absolute Gasteiger partial charge is 0.406 e. The average Bonchev–Trinajstić information content (AvgIpc) is 3.10. The van der Waals surface area contributed by atoms with Crippen LogP contribution < -0.4 is 10.1 Å². The summed E-state index contributed by atoms with van der Waals surface area (Å²) in [6.45, 7) is 0.371. The van der Waals surface area contributed by atoms with Crippen LogP contribution in [0.5, 0.6) is 5.75 Å². The maximum absolute atomic E-state index is 12.2. The van der Waals surface area contributed by atoms with Crippen LogP contribution in [0, 0.1) is 6.07 Å². The van der Waals surface area contributed by atoms with Gasteiger partial charge in [-0.15, -0.1) is 24.5 Å². The zero-order valence-corrected chi connectivity index (χ0v) is 14.2. The van der Waals surface area contributed by atoms with E-state index < -0.39 is 6.36 Å². The SMILES string of the molecule is O=C(NCc1[c]cccc1)c1cc(-c2ccc(OC(F)(F)F)cc2)cs1. The van der Waals surface area contributed by atoms with E-state index in [0.717, 1.165) is 11.1 Å². The summed E-state index contributed by atoms with van der Waals surface area (Å²) in [5.41, 5.74) is 2.33. The van der Waals surface area contributed by atoms with Gasteiger partial charge in [-0.3, -0.25) is 4.79 Å². The van der Waals surface area contributed by atoms with Crippen LogP contribution in [0.4, 0.5) is 13.2 Å². The van der Waals surface area contributed by atoms with Crippen LogP contribution in [-0.4, -0.2) is 12.3 Å². The van der Waals surface area contributed by atoms with Crippen molar-refractivity contribution < 1.29 is 22.7 Å². The Balaban J connectivity index is 1.64. The molecule has 133 valence electrons. The van der Waals surface area contributed by atoms with Gasteiger partial charge in [0.2, 0.25) is 0 Å². The van der Waals surface area contributed by atoms with Crippen molar-refractivity contribution in [3.05, 3.63) is 76.5 Å². The predicted molar refractivity (Wildman–Crippen MR) is 92.9 cm³/mol. The van der Waals surface area contributed by atoms with Gasteiger partial charge < -0.3 is 10.1 Å². The molecule has 0 atom stereocenters. The van der Waals surface area contributed by atoms with E-state index in [9.17, 15) is 18.0 Å². The van der Waals surface area contributed by atoms with Crippen LogP contribution in [0.15, 0.2) is 60.0 Å². The van der Waals surface area contributed by atoms with Crippen LogP contribution in [0.3, 0.4) is 0 Å². The van der Waals surface area contributed by atoms with E-state index in [-0.39, 0.29) is 11.7 Å². The highest BCUT2D eigenvalue weighted by molar-refractivity contribution is 7.12. The summed E-state index contributed by atoms with van der Waals surface area (Å²) in [7, 11) is 0. The minimum Gasteiger partial charge on any atom is -0.406 e. The van der Waals surface area contributed by atoms with Crippen molar-refractivity contribution in [2.45, 2.75) is 12.9 Å². The van der Waals surface area contributed by atoms with Gasteiger partial charge in [0.05, 0.1) is 4.88 Å². The van der Waals surface area contributed by atoms with Gasteiger partial charge in [-0.2, -0.15) is 0 Å². The first-order valence-corrected chi connectivity index (χ1v) is 8.47. The number of rotatable bonds is 5. The summed E-state index contributed by atoms with van der Waals surface area (Å²) in [6.07, 6.45) is -4.72. The van der Waals surface area contributed by atoms with Crippen molar-refractivity contribution in [1.82, 2.24) is 5.32 Å². The summed E-state index contributed by atoms with van der Waals surface area (Å²) >= 11 is 1.27. The van der Waals surface area contributed by atoms with Gasteiger partial charge >= 0.3 is 6.36 Å². The van der Waals surface area contributed by atoms with Crippen molar-refractivity contribution >= 4 is 17.2 Å². The largest absolute Gasteiger partial charge is 0.573 e. The molecule has 0 unspecified atom stereocenters. The first-order valence-electron chi connectivity index (χ1n) is 7.59. The molecule has 0 aliphatic heterocycles. The number of nitrogens with one attached hydrogen (secondary N) is 1. The molecule has 1 aromatic heterocycles. The molecule has 26 heavy (non-hydrogen) atoms. The molecule has 0 aliphatic carbocycles. The third kappa shape index (κ3) is 4.86. The second-order valence-corrected chi connectivity index (χ2v) is 6.25. The number of benzene rings is 2. The fraction of sp³-hybridized carbons (Fsp3) is 0.105. The fourth-order valence-corrected chi connectivity index (χ4v) is 3.09. The number of alkyl halides is 3. The van der Waals surface area contributed by atoms with Crippen LogP contribution >= 0.6 is 11.3 Å². The standard InChI is InChI=1S/C19H13F3NO2S/c20-19(21,22)25-16-8-6-14(7-9-16)15-10-17(26-12-15)18(24)23-11-13-4-2-1-3-5-13/h1-4,6-10,12H,11H2,(H,23,24). The minimum absolute atomic E-state index is 0.212. The van der Waals surface area contributed by atoms with E-state index in [1.165, 1.54) is 35.6 Å². The van der Waals surface area contributed by atoms with Crippen LogP contribution in [0.1, 0.15) is 15.2 Å². The maximum Gasteiger partial charge on any atom is 0.573 e. The van der Waals surface area contributed by atoms with Gasteiger partial charge in [-0.05, 0) is 46.3 Å². The normalized spacial score (nSPS) is 11.2. The highest BCUT2D eigenvalue weighted by atomic mass is 32.1. The van der Waals surface area contributed by atoms with Gasteiger partial charge in [-0.25, -0.2) is 0 Å². The number of amides is 1. The maximum atomic E-state index is 12.2. The van der Waals surface area contributed by atoms with Gasteiger partial charge in [0, 0.05) is 6.54 Å². The number of halogens is 3. The summed E-state index contributed by atoms with van der Waals surface area (Å²) in [6, 6.07) is 17.6. The van der Waals surface area contributed by atoms with Gasteiger partial charge in [0.25, 0.3) is 5.91 Å². The lowest BCUT2D eigenvalue weighted by atomic mass is 10.1. The lowest BCUT2D eigenvalue weighted by molar-refractivity contribution is -0.274. The van der Waals surface area contributed by atoms with Crippen molar-refractivity contribution in [1.29, 1.82) is 0 Å². The van der Waals surface area contributed by atoms with Crippen LogP contribution in [0.2, 0.25) is 0 Å². The summed E-state index contributed by atoms with van der Waals surface area (Å²) in [5.74, 6) is -0.496. The molecular formula is C19H13F3NO2S. The molecule has 3 rings (SSSR count). The Morgan fingerprint density at radius 3 is 2.54 bits per heavy atom. The molecule has 0 saturated heterocycles. The lowest BCUT2D eigenvalue weighted by Gasteiger charge is -2.08. The van der Waals surface area contributed by atoms with Gasteiger partial charge in [0.1, 0.15) is 5.75 Å². The second-order valence-electron chi connectivity index (χ2n) is 5.34. The number of hydrogen-bond acceptors (Lipinski definition) is 3. The van der Waals surface area contributed by atoms with Crippen LogP contribution in [0.25, 0.3) is 11.1 Å². The molecule has 7 heteroatoms. The molecule has 0 fully saturated rings. The quantitative estimate of drug-likeness (QED) is 0.677. The minimum atomic E-state index is -4.72. The van der Waals surface area contributed by atoms with Crippen LogP contribution in [-0.2, 0) is 6.54 Å². The molecule has 3 nitrogen and oxygen atoms in total. The fourth-order valence-electron chi connectivity index (χ4n) is 2.26. The molecule has 0 saturated carbocycles. The molecule has 1 radical (unpaired) electrons. The molecule has 2 aromatic carbocycles. The number of carbonyl (C=O) groups is 1. The number of thiophene rings is 1. The molecule has 1 heterocycles. The first kappa shape index (κ1) is 18.0. The van der Waals surface area contributed by atoms with Crippen molar-refractivity contribution in [3.63, 3.8) is 0 Å². The second kappa shape index (κ2) is 7.61. The molecule has 1 N–H and O–H groups in total. The molecule has 3 aromatic rings.